The first-order valence-corrected chi connectivity index (χ1v) is 7.15. The molecule has 1 N–H and O–H groups in total. The van der Waals surface area contributed by atoms with Crippen molar-refractivity contribution in [3.05, 3.63) is 29.8 Å². The average molecular weight is 348 g/mol. The summed E-state index contributed by atoms with van der Waals surface area (Å²) in [7, 11) is 0. The van der Waals surface area contributed by atoms with E-state index in [2.05, 4.69) is 4.74 Å². The molecule has 8 heteroatoms. The minimum atomic E-state index is -4.79. The van der Waals surface area contributed by atoms with Gasteiger partial charge in [0.2, 0.25) is 0 Å². The summed E-state index contributed by atoms with van der Waals surface area (Å²) in [5.74, 6) is -3.26. The van der Waals surface area contributed by atoms with Crippen molar-refractivity contribution in [2.24, 2.45) is 5.92 Å². The Kier molecular flexibility index (Phi) is 6.22. The number of hydrogen-bond acceptors (Lipinski definition) is 4. The van der Waals surface area contributed by atoms with Crippen LogP contribution in [0.3, 0.4) is 0 Å². The lowest BCUT2D eigenvalue weighted by molar-refractivity contribution is -0.274. The molecule has 0 bridgehead atoms. The van der Waals surface area contributed by atoms with Gasteiger partial charge in [-0.2, -0.15) is 0 Å². The van der Waals surface area contributed by atoms with E-state index >= 15 is 0 Å². The summed E-state index contributed by atoms with van der Waals surface area (Å²) in [4.78, 5) is 23.0. The minimum Gasteiger partial charge on any atom is -0.481 e. The summed E-state index contributed by atoms with van der Waals surface area (Å²) in [6.45, 7) is 5.00. The highest BCUT2D eigenvalue weighted by atomic mass is 19.4. The van der Waals surface area contributed by atoms with Crippen LogP contribution in [0.4, 0.5) is 13.2 Å². The standard InChI is InChI=1S/C16H19F3O5/c1-15(2,3)24-13(20)9-11(14(21)22)8-10-4-6-12(7-5-10)23-16(17,18)19/h4-7,11H,8-9H2,1-3H3,(H,21,22). The van der Waals surface area contributed by atoms with Gasteiger partial charge in [-0.25, -0.2) is 0 Å². The highest BCUT2D eigenvalue weighted by Gasteiger charge is 2.31. The van der Waals surface area contributed by atoms with Crippen molar-refractivity contribution in [2.45, 2.75) is 45.6 Å². The van der Waals surface area contributed by atoms with E-state index in [4.69, 9.17) is 4.74 Å². The van der Waals surface area contributed by atoms with Gasteiger partial charge in [0.25, 0.3) is 0 Å². The second-order valence-electron chi connectivity index (χ2n) is 6.22. The molecule has 1 atom stereocenters. The number of benzene rings is 1. The molecule has 0 saturated heterocycles. The second-order valence-corrected chi connectivity index (χ2v) is 6.22. The third-order valence-corrected chi connectivity index (χ3v) is 2.82. The first kappa shape index (κ1) is 19.8. The third-order valence-electron chi connectivity index (χ3n) is 2.82. The van der Waals surface area contributed by atoms with Gasteiger partial charge in [-0.1, -0.05) is 12.1 Å². The molecule has 0 spiro atoms. The van der Waals surface area contributed by atoms with Crippen LogP contribution in [0.5, 0.6) is 5.75 Å². The van der Waals surface area contributed by atoms with Crippen molar-refractivity contribution in [3.63, 3.8) is 0 Å². The van der Waals surface area contributed by atoms with Gasteiger partial charge in [0.05, 0.1) is 12.3 Å². The van der Waals surface area contributed by atoms with Crippen LogP contribution in [0.2, 0.25) is 0 Å². The smallest absolute Gasteiger partial charge is 0.481 e. The fourth-order valence-corrected chi connectivity index (χ4v) is 1.94. The summed E-state index contributed by atoms with van der Waals surface area (Å²) in [6, 6.07) is 4.84. The number of carboxylic acids is 1. The zero-order valence-electron chi connectivity index (χ0n) is 13.5. The number of alkyl halides is 3. The summed E-state index contributed by atoms with van der Waals surface area (Å²) < 4.78 is 45.1. The number of ether oxygens (including phenoxy) is 2. The quantitative estimate of drug-likeness (QED) is 0.796. The van der Waals surface area contributed by atoms with Crippen LogP contribution in [0.25, 0.3) is 0 Å². The molecular formula is C16H19F3O5. The Morgan fingerprint density at radius 3 is 2.08 bits per heavy atom. The van der Waals surface area contributed by atoms with Crippen molar-refractivity contribution in [1.82, 2.24) is 0 Å². The zero-order chi connectivity index (χ0) is 18.5. The molecule has 0 saturated carbocycles. The fraction of sp³-hybridized carbons (Fsp3) is 0.500. The topological polar surface area (TPSA) is 72.8 Å². The number of esters is 1. The molecule has 0 radical (unpaired) electrons. The van der Waals surface area contributed by atoms with E-state index in [1.807, 2.05) is 0 Å². The van der Waals surface area contributed by atoms with Gasteiger partial charge >= 0.3 is 18.3 Å². The largest absolute Gasteiger partial charge is 0.573 e. The lowest BCUT2D eigenvalue weighted by Gasteiger charge is -2.21. The van der Waals surface area contributed by atoms with Crippen LogP contribution in [-0.2, 0) is 20.7 Å². The number of carboxylic acid groups (broad SMARTS) is 1. The SMILES string of the molecule is CC(C)(C)OC(=O)CC(Cc1ccc(OC(F)(F)F)cc1)C(=O)O. The number of halogens is 3. The Labute approximate surface area is 137 Å². The predicted octanol–water partition coefficient (Wildman–Crippen LogP) is 3.56. The Bertz CT molecular complexity index is 573. The maximum atomic E-state index is 12.1. The number of carbonyl (C=O) groups excluding carboxylic acids is 1. The van der Waals surface area contributed by atoms with E-state index in [1.54, 1.807) is 20.8 Å². The van der Waals surface area contributed by atoms with Gasteiger partial charge < -0.3 is 14.6 Å². The second kappa shape index (κ2) is 7.55. The molecule has 0 fully saturated rings. The lowest BCUT2D eigenvalue weighted by atomic mass is 9.96. The molecule has 0 heterocycles. The van der Waals surface area contributed by atoms with Crippen molar-refractivity contribution in [2.75, 3.05) is 0 Å². The van der Waals surface area contributed by atoms with E-state index < -0.39 is 35.6 Å². The number of carbonyl (C=O) groups is 2. The van der Waals surface area contributed by atoms with Gasteiger partial charge in [-0.3, -0.25) is 9.59 Å². The zero-order valence-corrected chi connectivity index (χ0v) is 13.5. The maximum absolute atomic E-state index is 12.1. The molecule has 1 aromatic carbocycles. The Hall–Kier alpha value is -2.25. The van der Waals surface area contributed by atoms with Crippen LogP contribution < -0.4 is 4.74 Å². The first-order chi connectivity index (χ1) is 10.9. The Morgan fingerprint density at radius 1 is 1.12 bits per heavy atom. The van der Waals surface area contributed by atoms with Crippen molar-refractivity contribution >= 4 is 11.9 Å². The van der Waals surface area contributed by atoms with Gasteiger partial charge in [0, 0.05) is 0 Å². The van der Waals surface area contributed by atoms with E-state index in [1.165, 1.54) is 12.1 Å². The molecule has 0 aliphatic heterocycles. The van der Waals surface area contributed by atoms with Crippen LogP contribution in [0.1, 0.15) is 32.8 Å². The summed E-state index contributed by atoms with van der Waals surface area (Å²) in [6.07, 6.45) is -5.13. The lowest BCUT2D eigenvalue weighted by Crippen LogP contribution is -2.28. The average Bonchev–Trinajstić information content (AvgIpc) is 2.36. The predicted molar refractivity (Wildman–Crippen MR) is 78.4 cm³/mol. The molecule has 134 valence electrons. The highest BCUT2D eigenvalue weighted by molar-refractivity contribution is 5.79. The molecule has 0 aliphatic carbocycles. The molecule has 1 unspecified atom stereocenters. The number of hydrogen-bond donors (Lipinski definition) is 1. The molecule has 24 heavy (non-hydrogen) atoms. The summed E-state index contributed by atoms with van der Waals surface area (Å²) in [5, 5.41) is 9.21. The normalized spacial score (nSPS) is 13.2. The molecule has 1 aromatic rings. The van der Waals surface area contributed by atoms with Crippen LogP contribution in [-0.4, -0.2) is 29.0 Å². The summed E-state index contributed by atoms with van der Waals surface area (Å²) >= 11 is 0. The third kappa shape index (κ3) is 7.85. The highest BCUT2D eigenvalue weighted by Crippen LogP contribution is 2.24. The molecule has 1 rings (SSSR count). The van der Waals surface area contributed by atoms with Crippen molar-refractivity contribution < 1.29 is 37.3 Å². The van der Waals surface area contributed by atoms with Crippen LogP contribution in [0, 0.1) is 5.92 Å². The van der Waals surface area contributed by atoms with Gasteiger partial charge in [-0.15, -0.1) is 13.2 Å². The fourth-order valence-electron chi connectivity index (χ4n) is 1.94. The van der Waals surface area contributed by atoms with Crippen LogP contribution in [0.15, 0.2) is 24.3 Å². The van der Waals surface area contributed by atoms with Gasteiger partial charge in [0.1, 0.15) is 11.4 Å². The molecule has 0 aromatic heterocycles. The number of rotatable bonds is 6. The van der Waals surface area contributed by atoms with Crippen molar-refractivity contribution in [3.8, 4) is 5.75 Å². The van der Waals surface area contributed by atoms with E-state index in [0.717, 1.165) is 12.1 Å². The van der Waals surface area contributed by atoms with Crippen LogP contribution >= 0.6 is 0 Å². The summed E-state index contributed by atoms with van der Waals surface area (Å²) in [5.41, 5.74) is -0.253. The number of aliphatic carboxylic acids is 1. The van der Waals surface area contributed by atoms with E-state index in [9.17, 15) is 27.9 Å². The Morgan fingerprint density at radius 2 is 1.67 bits per heavy atom. The van der Waals surface area contributed by atoms with Crippen molar-refractivity contribution in [1.29, 1.82) is 0 Å². The molecular weight excluding hydrogens is 329 g/mol. The molecule has 5 nitrogen and oxygen atoms in total. The first-order valence-electron chi connectivity index (χ1n) is 7.15. The van der Waals surface area contributed by atoms with E-state index in [-0.39, 0.29) is 12.8 Å². The monoisotopic (exact) mass is 348 g/mol. The molecule has 0 aliphatic rings. The molecule has 0 amide bonds. The minimum absolute atomic E-state index is 0.0130. The Balaban J connectivity index is 2.72. The van der Waals surface area contributed by atoms with E-state index in [0.29, 0.717) is 5.56 Å². The van der Waals surface area contributed by atoms with Gasteiger partial charge in [0.15, 0.2) is 0 Å². The maximum Gasteiger partial charge on any atom is 0.573 e. The van der Waals surface area contributed by atoms with Gasteiger partial charge in [-0.05, 0) is 44.9 Å².